The van der Waals surface area contributed by atoms with E-state index in [-0.39, 0.29) is 29.9 Å². The lowest BCUT2D eigenvalue weighted by molar-refractivity contribution is -0.121. The van der Waals surface area contributed by atoms with E-state index >= 15 is 0 Å². The van der Waals surface area contributed by atoms with E-state index < -0.39 is 0 Å². The standard InChI is InChI=1S/C24H25N3O3S/c1-3-30-19-10-8-18(9-11-19)20-12-22(28)27-24(21(20)13-25)31-15-23(29)26-14-17-6-4-16(2)5-7-17/h4-11,20H,3,12,14-15H2,1-2H3,(H,26,29)(H,27,28)/t20-/m1/s1. The summed E-state index contributed by atoms with van der Waals surface area (Å²) in [5, 5.41) is 15.8. The third kappa shape index (κ3) is 6.12. The fourth-order valence-corrected chi connectivity index (χ4v) is 4.18. The first-order chi connectivity index (χ1) is 15.0. The van der Waals surface area contributed by atoms with Crippen molar-refractivity contribution < 1.29 is 14.3 Å². The van der Waals surface area contributed by atoms with Crippen molar-refractivity contribution in [3.05, 3.63) is 75.8 Å². The Kier molecular flexibility index (Phi) is 7.74. The second-order valence-electron chi connectivity index (χ2n) is 7.21. The molecule has 0 saturated heterocycles. The van der Waals surface area contributed by atoms with Gasteiger partial charge in [0, 0.05) is 18.9 Å². The Morgan fingerprint density at radius 3 is 2.58 bits per heavy atom. The number of amides is 2. The number of nitriles is 1. The van der Waals surface area contributed by atoms with Gasteiger partial charge in [0.2, 0.25) is 11.8 Å². The molecule has 1 aliphatic rings. The molecular formula is C24H25N3O3S. The highest BCUT2D eigenvalue weighted by molar-refractivity contribution is 8.03. The second kappa shape index (κ2) is 10.7. The Hall–Kier alpha value is -3.24. The van der Waals surface area contributed by atoms with Crippen LogP contribution in [0.15, 0.2) is 59.1 Å². The van der Waals surface area contributed by atoms with Gasteiger partial charge in [-0.1, -0.05) is 53.7 Å². The zero-order valence-electron chi connectivity index (χ0n) is 17.6. The largest absolute Gasteiger partial charge is 0.494 e. The van der Waals surface area contributed by atoms with Gasteiger partial charge in [-0.15, -0.1) is 0 Å². The minimum atomic E-state index is -0.340. The number of carbonyl (C=O) groups is 2. The maximum absolute atomic E-state index is 12.3. The number of nitrogens with zero attached hydrogens (tertiary/aromatic N) is 1. The third-order valence-electron chi connectivity index (χ3n) is 4.91. The summed E-state index contributed by atoms with van der Waals surface area (Å²) in [6, 6.07) is 17.6. The highest BCUT2D eigenvalue weighted by Gasteiger charge is 2.29. The molecule has 0 unspecified atom stereocenters. The first-order valence-corrected chi connectivity index (χ1v) is 11.1. The van der Waals surface area contributed by atoms with Crippen LogP contribution in [0.4, 0.5) is 0 Å². The van der Waals surface area contributed by atoms with Crippen LogP contribution >= 0.6 is 11.8 Å². The Morgan fingerprint density at radius 2 is 1.94 bits per heavy atom. The van der Waals surface area contributed by atoms with Crippen molar-refractivity contribution in [3.63, 3.8) is 0 Å². The van der Waals surface area contributed by atoms with Gasteiger partial charge < -0.3 is 15.4 Å². The van der Waals surface area contributed by atoms with E-state index in [0.717, 1.165) is 22.4 Å². The van der Waals surface area contributed by atoms with Crippen molar-refractivity contribution in [1.82, 2.24) is 10.6 Å². The van der Waals surface area contributed by atoms with E-state index in [2.05, 4.69) is 16.7 Å². The lowest BCUT2D eigenvalue weighted by Gasteiger charge is -2.25. The monoisotopic (exact) mass is 435 g/mol. The topological polar surface area (TPSA) is 91.2 Å². The summed E-state index contributed by atoms with van der Waals surface area (Å²) >= 11 is 1.18. The number of rotatable bonds is 8. The quantitative estimate of drug-likeness (QED) is 0.658. The molecule has 1 aliphatic heterocycles. The normalized spacial score (nSPS) is 15.8. The van der Waals surface area contributed by atoms with Gasteiger partial charge in [0.15, 0.2) is 0 Å². The molecule has 1 atom stereocenters. The zero-order valence-corrected chi connectivity index (χ0v) is 18.4. The van der Waals surface area contributed by atoms with Crippen LogP contribution in [0.2, 0.25) is 0 Å². The highest BCUT2D eigenvalue weighted by atomic mass is 32.2. The minimum absolute atomic E-state index is 0.114. The highest BCUT2D eigenvalue weighted by Crippen LogP contribution is 2.36. The Bertz CT molecular complexity index is 1010. The fraction of sp³-hybridized carbons (Fsp3) is 0.292. The van der Waals surface area contributed by atoms with E-state index in [0.29, 0.717) is 23.8 Å². The van der Waals surface area contributed by atoms with Gasteiger partial charge >= 0.3 is 0 Å². The van der Waals surface area contributed by atoms with Crippen molar-refractivity contribution in [2.45, 2.75) is 32.7 Å². The summed E-state index contributed by atoms with van der Waals surface area (Å²) in [4.78, 5) is 24.6. The van der Waals surface area contributed by atoms with E-state index in [1.54, 1.807) is 0 Å². The predicted molar refractivity (Wildman–Crippen MR) is 121 cm³/mol. The number of nitrogens with one attached hydrogen (secondary N) is 2. The van der Waals surface area contributed by atoms with E-state index in [9.17, 15) is 14.9 Å². The number of hydrogen-bond acceptors (Lipinski definition) is 5. The Morgan fingerprint density at radius 1 is 1.23 bits per heavy atom. The van der Waals surface area contributed by atoms with Gasteiger partial charge in [-0.3, -0.25) is 9.59 Å². The number of hydrogen-bond donors (Lipinski definition) is 2. The summed E-state index contributed by atoms with van der Waals surface area (Å²) < 4.78 is 5.46. The molecule has 2 amide bonds. The summed E-state index contributed by atoms with van der Waals surface area (Å²) in [5.74, 6) is 0.192. The number of benzene rings is 2. The van der Waals surface area contributed by atoms with Gasteiger partial charge in [0.25, 0.3) is 0 Å². The van der Waals surface area contributed by atoms with Crippen LogP contribution in [0.3, 0.4) is 0 Å². The molecule has 2 aromatic carbocycles. The summed E-state index contributed by atoms with van der Waals surface area (Å²) in [6.07, 6.45) is 0.195. The molecule has 0 bridgehead atoms. The molecule has 31 heavy (non-hydrogen) atoms. The van der Waals surface area contributed by atoms with E-state index in [1.165, 1.54) is 11.8 Å². The smallest absolute Gasteiger partial charge is 0.230 e. The molecular weight excluding hydrogens is 410 g/mol. The van der Waals surface area contributed by atoms with Crippen molar-refractivity contribution in [3.8, 4) is 11.8 Å². The lowest BCUT2D eigenvalue weighted by Crippen LogP contribution is -2.32. The van der Waals surface area contributed by atoms with Crippen LogP contribution in [-0.4, -0.2) is 24.2 Å². The van der Waals surface area contributed by atoms with Crippen molar-refractivity contribution in [2.75, 3.05) is 12.4 Å². The molecule has 7 heteroatoms. The lowest BCUT2D eigenvalue weighted by atomic mass is 9.87. The van der Waals surface area contributed by atoms with Gasteiger partial charge in [0.1, 0.15) is 5.75 Å². The van der Waals surface area contributed by atoms with Crippen LogP contribution < -0.4 is 15.4 Å². The number of thioether (sulfide) groups is 1. The number of carbonyl (C=O) groups excluding carboxylic acids is 2. The van der Waals surface area contributed by atoms with Crippen molar-refractivity contribution in [2.24, 2.45) is 0 Å². The zero-order chi connectivity index (χ0) is 22.2. The molecule has 0 radical (unpaired) electrons. The minimum Gasteiger partial charge on any atom is -0.494 e. The number of ether oxygens (including phenoxy) is 1. The molecule has 0 fully saturated rings. The molecule has 0 aromatic heterocycles. The maximum atomic E-state index is 12.3. The summed E-state index contributed by atoms with van der Waals surface area (Å²) in [7, 11) is 0. The van der Waals surface area contributed by atoms with Crippen LogP contribution in [-0.2, 0) is 16.1 Å². The first-order valence-electron chi connectivity index (χ1n) is 10.1. The SMILES string of the molecule is CCOc1ccc([C@H]2CC(=O)NC(SCC(=O)NCc3ccc(C)cc3)=C2C#N)cc1. The molecule has 160 valence electrons. The molecule has 3 rings (SSSR count). The Balaban J connectivity index is 1.66. The summed E-state index contributed by atoms with van der Waals surface area (Å²) in [6.45, 7) is 4.93. The second-order valence-corrected chi connectivity index (χ2v) is 8.20. The van der Waals surface area contributed by atoms with Crippen molar-refractivity contribution in [1.29, 1.82) is 5.26 Å². The van der Waals surface area contributed by atoms with E-state index in [1.807, 2.05) is 62.4 Å². The van der Waals surface area contributed by atoms with Crippen LogP contribution in [0, 0.1) is 18.3 Å². The molecule has 1 heterocycles. The van der Waals surface area contributed by atoms with Crippen LogP contribution in [0.1, 0.15) is 36.0 Å². The summed E-state index contributed by atoms with van der Waals surface area (Å²) in [5.41, 5.74) is 3.52. The predicted octanol–water partition coefficient (Wildman–Crippen LogP) is 3.78. The third-order valence-corrected chi connectivity index (χ3v) is 5.92. The molecule has 0 aliphatic carbocycles. The van der Waals surface area contributed by atoms with Gasteiger partial charge in [0.05, 0.1) is 29.0 Å². The van der Waals surface area contributed by atoms with E-state index in [4.69, 9.17) is 4.74 Å². The molecule has 6 nitrogen and oxygen atoms in total. The maximum Gasteiger partial charge on any atom is 0.230 e. The number of allylic oxidation sites excluding steroid dienone is 1. The Labute approximate surface area is 186 Å². The molecule has 0 spiro atoms. The number of aryl methyl sites for hydroxylation is 1. The van der Waals surface area contributed by atoms with Crippen LogP contribution in [0.5, 0.6) is 5.75 Å². The molecule has 0 saturated carbocycles. The molecule has 2 N–H and O–H groups in total. The average molecular weight is 436 g/mol. The first kappa shape index (κ1) is 22.4. The molecule has 2 aromatic rings. The average Bonchev–Trinajstić information content (AvgIpc) is 2.77. The van der Waals surface area contributed by atoms with Gasteiger partial charge in [-0.2, -0.15) is 5.26 Å². The van der Waals surface area contributed by atoms with Crippen LogP contribution in [0.25, 0.3) is 0 Å². The van der Waals surface area contributed by atoms with Crippen molar-refractivity contribution >= 4 is 23.6 Å². The van der Waals surface area contributed by atoms with Gasteiger partial charge in [-0.05, 0) is 37.1 Å². The fourth-order valence-electron chi connectivity index (χ4n) is 3.28. The van der Waals surface area contributed by atoms with Gasteiger partial charge in [-0.25, -0.2) is 0 Å².